The number of benzene rings is 1. The third-order valence-electron chi connectivity index (χ3n) is 5.89. The number of anilines is 1. The molecule has 8 heteroatoms. The maximum absolute atomic E-state index is 12.6. The van der Waals surface area contributed by atoms with E-state index in [2.05, 4.69) is 23.0 Å². The Bertz CT molecular complexity index is 779. The predicted octanol–water partition coefficient (Wildman–Crippen LogP) is 4.14. The van der Waals surface area contributed by atoms with Crippen molar-refractivity contribution in [1.82, 2.24) is 10.8 Å². The number of carbonyl (C=O) groups excluding carboxylic acids is 3. The number of ether oxygens (including phenoxy) is 1. The Morgan fingerprint density at radius 2 is 1.68 bits per heavy atom. The molecule has 192 valence electrons. The molecule has 1 unspecified atom stereocenters. The molecule has 0 aliphatic heterocycles. The van der Waals surface area contributed by atoms with Gasteiger partial charge >= 0.3 is 0 Å². The van der Waals surface area contributed by atoms with Crippen LogP contribution in [0.5, 0.6) is 0 Å². The van der Waals surface area contributed by atoms with Crippen molar-refractivity contribution in [3.8, 4) is 0 Å². The second kappa shape index (κ2) is 14.9. The number of amides is 2. The smallest absolute Gasteiger partial charge is 0.243 e. The lowest BCUT2D eigenvalue weighted by molar-refractivity contribution is -0.133. The van der Waals surface area contributed by atoms with Crippen molar-refractivity contribution in [1.29, 1.82) is 0 Å². The molecule has 0 aliphatic rings. The Hall–Kier alpha value is -2.29. The van der Waals surface area contributed by atoms with Crippen LogP contribution in [0.1, 0.15) is 79.2 Å². The van der Waals surface area contributed by atoms with Gasteiger partial charge in [0.1, 0.15) is 5.78 Å². The zero-order valence-corrected chi connectivity index (χ0v) is 21.7. The van der Waals surface area contributed by atoms with Crippen LogP contribution in [-0.2, 0) is 30.6 Å². The van der Waals surface area contributed by atoms with Gasteiger partial charge in [0, 0.05) is 30.7 Å². The molecule has 0 spiro atoms. The van der Waals surface area contributed by atoms with Crippen LogP contribution in [0.15, 0.2) is 24.3 Å². The molecule has 0 saturated carbocycles. The molecule has 0 bridgehead atoms. The van der Waals surface area contributed by atoms with Gasteiger partial charge in [0.05, 0.1) is 18.8 Å². The largest absolute Gasteiger partial charge is 0.375 e. The lowest BCUT2D eigenvalue weighted by Gasteiger charge is -2.31. The monoisotopic (exact) mass is 477 g/mol. The van der Waals surface area contributed by atoms with Gasteiger partial charge in [-0.25, -0.2) is 5.48 Å². The quantitative estimate of drug-likeness (QED) is 0.230. The van der Waals surface area contributed by atoms with Gasteiger partial charge in [0.2, 0.25) is 11.8 Å². The third-order valence-corrected chi connectivity index (χ3v) is 5.89. The second-order valence-corrected chi connectivity index (χ2v) is 9.60. The Balaban J connectivity index is 2.41. The van der Waals surface area contributed by atoms with Crippen LogP contribution in [0.25, 0.3) is 0 Å². The normalized spacial score (nSPS) is 13.2. The lowest BCUT2D eigenvalue weighted by Crippen LogP contribution is -2.42. The van der Waals surface area contributed by atoms with E-state index in [1.54, 1.807) is 19.1 Å². The highest BCUT2D eigenvalue weighted by atomic mass is 16.6. The first-order chi connectivity index (χ1) is 16.0. The van der Waals surface area contributed by atoms with Crippen LogP contribution in [0, 0.1) is 5.41 Å². The van der Waals surface area contributed by atoms with Gasteiger partial charge in [-0.1, -0.05) is 39.8 Å². The van der Waals surface area contributed by atoms with E-state index in [0.29, 0.717) is 38.2 Å². The summed E-state index contributed by atoms with van der Waals surface area (Å²) in [5.74, 6) is -0.358. The first kappa shape index (κ1) is 29.7. The fourth-order valence-electron chi connectivity index (χ4n) is 3.06. The summed E-state index contributed by atoms with van der Waals surface area (Å²) in [6.45, 7) is 12.9. The molecule has 1 atom stereocenters. The maximum Gasteiger partial charge on any atom is 0.243 e. The highest BCUT2D eigenvalue weighted by Gasteiger charge is 2.30. The zero-order valence-electron chi connectivity index (χ0n) is 21.7. The summed E-state index contributed by atoms with van der Waals surface area (Å²) >= 11 is 0. The van der Waals surface area contributed by atoms with E-state index in [4.69, 9.17) is 9.57 Å². The molecule has 8 nitrogen and oxygen atoms in total. The van der Waals surface area contributed by atoms with Crippen molar-refractivity contribution in [2.75, 3.05) is 25.0 Å². The number of hydrogen-bond donors (Lipinski definition) is 3. The van der Waals surface area contributed by atoms with Gasteiger partial charge < -0.3 is 20.2 Å². The van der Waals surface area contributed by atoms with E-state index in [0.717, 1.165) is 24.9 Å². The van der Waals surface area contributed by atoms with E-state index in [1.807, 2.05) is 39.8 Å². The minimum absolute atomic E-state index is 0.111. The molecule has 34 heavy (non-hydrogen) atoms. The molecule has 1 aromatic rings. The average molecular weight is 478 g/mol. The highest BCUT2D eigenvalue weighted by molar-refractivity contribution is 5.95. The summed E-state index contributed by atoms with van der Waals surface area (Å²) < 4.78 is 6.04. The Morgan fingerprint density at radius 3 is 2.26 bits per heavy atom. The van der Waals surface area contributed by atoms with Crippen LogP contribution >= 0.6 is 0 Å². The number of nitrogens with one attached hydrogen (secondary N) is 3. The van der Waals surface area contributed by atoms with Crippen molar-refractivity contribution in [3.63, 3.8) is 0 Å². The predicted molar refractivity (Wildman–Crippen MR) is 134 cm³/mol. The summed E-state index contributed by atoms with van der Waals surface area (Å²) in [7, 11) is 0. The number of carbonyl (C=O) groups is 3. The molecule has 2 amide bonds. The first-order valence-corrected chi connectivity index (χ1v) is 12.2. The Kier molecular flexibility index (Phi) is 13.0. The molecule has 0 aliphatic carbocycles. The molecule has 1 aromatic carbocycles. The van der Waals surface area contributed by atoms with Gasteiger partial charge in [0.25, 0.3) is 0 Å². The van der Waals surface area contributed by atoms with Crippen LogP contribution < -0.4 is 16.1 Å². The van der Waals surface area contributed by atoms with Crippen LogP contribution in [0.2, 0.25) is 0 Å². The average Bonchev–Trinajstić information content (AvgIpc) is 2.80. The van der Waals surface area contributed by atoms with E-state index in [1.165, 1.54) is 0 Å². The second-order valence-electron chi connectivity index (χ2n) is 9.60. The fourth-order valence-corrected chi connectivity index (χ4v) is 3.06. The number of Topliss-reactive ketones (excluding diaryl/α,β-unsaturated/α-hetero) is 1. The number of hydrogen-bond acceptors (Lipinski definition) is 6. The van der Waals surface area contributed by atoms with E-state index in [9.17, 15) is 14.4 Å². The molecule has 0 heterocycles. The molecule has 0 radical (unpaired) electrons. The molecule has 0 fully saturated rings. The maximum atomic E-state index is 12.6. The molecule has 3 N–H and O–H groups in total. The lowest BCUT2D eigenvalue weighted by atomic mass is 9.88. The van der Waals surface area contributed by atoms with Gasteiger partial charge in [-0.15, -0.1) is 0 Å². The van der Waals surface area contributed by atoms with Crippen molar-refractivity contribution in [3.05, 3.63) is 29.8 Å². The van der Waals surface area contributed by atoms with E-state index < -0.39 is 5.41 Å². The van der Waals surface area contributed by atoms with Gasteiger partial charge in [0.15, 0.2) is 0 Å². The summed E-state index contributed by atoms with van der Waals surface area (Å²) in [4.78, 5) is 41.6. The minimum atomic E-state index is -0.692. The summed E-state index contributed by atoms with van der Waals surface area (Å²) in [5, 5.41) is 5.50. The molecular formula is C26H43N3O5. The van der Waals surface area contributed by atoms with E-state index in [-0.39, 0.29) is 29.7 Å². The van der Waals surface area contributed by atoms with Crippen molar-refractivity contribution in [2.24, 2.45) is 5.41 Å². The van der Waals surface area contributed by atoms with E-state index >= 15 is 0 Å². The summed E-state index contributed by atoms with van der Waals surface area (Å²) in [6.07, 6.45) is 3.43. The van der Waals surface area contributed by atoms with Gasteiger partial charge in [-0.05, 0) is 57.2 Å². The number of rotatable bonds is 17. The third kappa shape index (κ3) is 11.7. The molecule has 0 aromatic heterocycles. The SMILES string of the molecule is CCCNOCc1ccc(NC(=O)CNC(=O)C(C)(C)CCOC(C)(CC)CCC(C)=O)cc1. The van der Waals surface area contributed by atoms with Gasteiger partial charge in [-0.2, -0.15) is 0 Å². The fraction of sp³-hybridized carbons (Fsp3) is 0.654. The molecular weight excluding hydrogens is 434 g/mol. The molecule has 1 rings (SSSR count). The van der Waals surface area contributed by atoms with Crippen LogP contribution in [0.4, 0.5) is 5.69 Å². The zero-order chi connectivity index (χ0) is 25.6. The van der Waals surface area contributed by atoms with Crippen molar-refractivity contribution in [2.45, 2.75) is 85.9 Å². The Labute approximate surface area is 204 Å². The van der Waals surface area contributed by atoms with Crippen molar-refractivity contribution >= 4 is 23.3 Å². The summed E-state index contributed by atoms with van der Waals surface area (Å²) in [5.41, 5.74) is 3.44. The summed E-state index contributed by atoms with van der Waals surface area (Å²) in [6, 6.07) is 7.36. The van der Waals surface area contributed by atoms with Crippen LogP contribution in [-0.4, -0.2) is 42.9 Å². The Morgan fingerprint density at radius 1 is 1.00 bits per heavy atom. The number of ketones is 1. The highest BCUT2D eigenvalue weighted by Crippen LogP contribution is 2.26. The standard InChI is InChI=1S/C26H43N3O5/c1-7-16-28-34-19-21-9-11-22(12-10-21)29-23(31)18-27-24(32)25(4,5)15-17-33-26(6,8-2)14-13-20(3)30/h9-12,28H,7-8,13-19H2,1-6H3,(H,27,32)(H,29,31). The van der Waals surface area contributed by atoms with Crippen LogP contribution in [0.3, 0.4) is 0 Å². The van der Waals surface area contributed by atoms with Crippen molar-refractivity contribution < 1.29 is 24.0 Å². The number of hydroxylamine groups is 1. The topological polar surface area (TPSA) is 106 Å². The first-order valence-electron chi connectivity index (χ1n) is 12.2. The van der Waals surface area contributed by atoms with Gasteiger partial charge in [-0.3, -0.25) is 14.4 Å². The minimum Gasteiger partial charge on any atom is -0.375 e. The molecule has 0 saturated heterocycles.